The van der Waals surface area contributed by atoms with Crippen molar-refractivity contribution >= 4 is 10.8 Å². The van der Waals surface area contributed by atoms with Crippen LogP contribution in [0.15, 0.2) is 36.7 Å². The van der Waals surface area contributed by atoms with Crippen molar-refractivity contribution in [2.45, 2.75) is 6.29 Å². The van der Waals surface area contributed by atoms with E-state index in [2.05, 4.69) is 4.98 Å². The van der Waals surface area contributed by atoms with E-state index in [4.69, 9.17) is 10.2 Å². The van der Waals surface area contributed by atoms with E-state index in [1.165, 1.54) is 0 Å². The molecule has 1 aromatic carbocycles. The fraction of sp³-hybridized carbons (Fsp3) is 0.100. The minimum absolute atomic E-state index is 0.514. The van der Waals surface area contributed by atoms with Gasteiger partial charge in [0.2, 0.25) is 0 Å². The molecule has 3 nitrogen and oxygen atoms in total. The summed E-state index contributed by atoms with van der Waals surface area (Å²) < 4.78 is 0. The van der Waals surface area contributed by atoms with Crippen molar-refractivity contribution in [3.05, 3.63) is 42.2 Å². The summed E-state index contributed by atoms with van der Waals surface area (Å²) in [6.45, 7) is 0. The molecule has 3 heteroatoms. The molecule has 0 saturated carbocycles. The second-order valence-corrected chi connectivity index (χ2v) is 2.82. The lowest BCUT2D eigenvalue weighted by atomic mass is 10.1. The maximum Gasteiger partial charge on any atom is 0.179 e. The summed E-state index contributed by atoms with van der Waals surface area (Å²) in [6, 6.07) is 7.12. The molecule has 2 rings (SSSR count). The van der Waals surface area contributed by atoms with E-state index < -0.39 is 6.29 Å². The molecular weight excluding hydrogens is 166 g/mol. The van der Waals surface area contributed by atoms with Crippen LogP contribution in [0.1, 0.15) is 11.9 Å². The van der Waals surface area contributed by atoms with Crippen LogP contribution in [0.5, 0.6) is 0 Å². The van der Waals surface area contributed by atoms with Gasteiger partial charge in [-0.15, -0.1) is 0 Å². The average molecular weight is 175 g/mol. The minimum Gasteiger partial charge on any atom is -0.364 e. The highest BCUT2D eigenvalue weighted by molar-refractivity contribution is 5.84. The fourth-order valence-corrected chi connectivity index (χ4v) is 1.37. The normalized spacial score (nSPS) is 11.0. The quantitative estimate of drug-likeness (QED) is 0.641. The number of pyridine rings is 1. The summed E-state index contributed by atoms with van der Waals surface area (Å²) in [7, 11) is 0. The monoisotopic (exact) mass is 175 g/mol. The number of hydrogen-bond acceptors (Lipinski definition) is 3. The molecule has 0 aliphatic heterocycles. The minimum atomic E-state index is -1.42. The Morgan fingerprint density at radius 3 is 2.77 bits per heavy atom. The number of nitrogens with zero attached hydrogens (tertiary/aromatic N) is 1. The molecule has 0 bridgehead atoms. The Morgan fingerprint density at radius 1 is 1.15 bits per heavy atom. The number of fused-ring (bicyclic) bond motifs is 1. The van der Waals surface area contributed by atoms with Gasteiger partial charge in [-0.25, -0.2) is 0 Å². The smallest absolute Gasteiger partial charge is 0.179 e. The number of benzene rings is 1. The molecule has 0 spiro atoms. The highest BCUT2D eigenvalue weighted by Crippen LogP contribution is 2.21. The summed E-state index contributed by atoms with van der Waals surface area (Å²) in [5.41, 5.74) is 0.514. The Balaban J connectivity index is 2.76. The summed E-state index contributed by atoms with van der Waals surface area (Å²) >= 11 is 0. The summed E-state index contributed by atoms with van der Waals surface area (Å²) in [4.78, 5) is 3.95. The Morgan fingerprint density at radius 2 is 2.00 bits per heavy atom. The van der Waals surface area contributed by atoms with Gasteiger partial charge in [-0.1, -0.05) is 18.2 Å². The first-order chi connectivity index (χ1) is 6.29. The first kappa shape index (κ1) is 8.16. The van der Waals surface area contributed by atoms with Crippen molar-refractivity contribution < 1.29 is 10.2 Å². The lowest BCUT2D eigenvalue weighted by Crippen LogP contribution is -1.95. The zero-order valence-electron chi connectivity index (χ0n) is 6.88. The standard InChI is InChI=1S/C10H9NO2/c12-10(13)9-3-1-2-7-6-11-5-4-8(7)9/h1-6,10,12-13H. The zero-order valence-corrected chi connectivity index (χ0v) is 6.88. The summed E-state index contributed by atoms with van der Waals surface area (Å²) in [5.74, 6) is 0. The Hall–Kier alpha value is -1.45. The van der Waals surface area contributed by atoms with Crippen LogP contribution in [0.2, 0.25) is 0 Å². The maximum atomic E-state index is 9.06. The second kappa shape index (κ2) is 3.12. The van der Waals surface area contributed by atoms with Gasteiger partial charge in [0.15, 0.2) is 6.29 Å². The molecule has 1 aromatic heterocycles. The van der Waals surface area contributed by atoms with Gasteiger partial charge in [-0.05, 0) is 11.5 Å². The molecule has 0 aliphatic rings. The molecule has 0 saturated heterocycles. The predicted octanol–water partition coefficient (Wildman–Crippen LogP) is 1.22. The van der Waals surface area contributed by atoms with Crippen molar-refractivity contribution in [2.24, 2.45) is 0 Å². The van der Waals surface area contributed by atoms with Gasteiger partial charge >= 0.3 is 0 Å². The van der Waals surface area contributed by atoms with Gasteiger partial charge in [-0.3, -0.25) is 4.98 Å². The van der Waals surface area contributed by atoms with Gasteiger partial charge in [0.25, 0.3) is 0 Å². The van der Waals surface area contributed by atoms with Crippen molar-refractivity contribution in [3.63, 3.8) is 0 Å². The number of aliphatic hydroxyl groups is 2. The molecular formula is C10H9NO2. The third-order valence-corrected chi connectivity index (χ3v) is 1.99. The largest absolute Gasteiger partial charge is 0.364 e. The van der Waals surface area contributed by atoms with E-state index in [1.807, 2.05) is 6.07 Å². The lowest BCUT2D eigenvalue weighted by molar-refractivity contribution is -0.0413. The Kier molecular flexibility index (Phi) is 1.96. The van der Waals surface area contributed by atoms with E-state index in [0.717, 1.165) is 10.8 Å². The van der Waals surface area contributed by atoms with E-state index in [9.17, 15) is 0 Å². The third kappa shape index (κ3) is 1.39. The molecule has 0 radical (unpaired) electrons. The van der Waals surface area contributed by atoms with E-state index in [-0.39, 0.29) is 0 Å². The second-order valence-electron chi connectivity index (χ2n) is 2.82. The first-order valence-electron chi connectivity index (χ1n) is 3.98. The van der Waals surface area contributed by atoms with Crippen molar-refractivity contribution in [1.82, 2.24) is 4.98 Å². The van der Waals surface area contributed by atoms with Crippen LogP contribution in [0.4, 0.5) is 0 Å². The molecule has 1 heterocycles. The van der Waals surface area contributed by atoms with Crippen molar-refractivity contribution in [2.75, 3.05) is 0 Å². The molecule has 0 aliphatic carbocycles. The molecule has 13 heavy (non-hydrogen) atoms. The van der Waals surface area contributed by atoms with Gasteiger partial charge in [0.1, 0.15) is 0 Å². The molecule has 0 fully saturated rings. The highest BCUT2D eigenvalue weighted by Gasteiger charge is 2.06. The molecule has 66 valence electrons. The molecule has 2 aromatic rings. The Labute approximate surface area is 75.3 Å². The van der Waals surface area contributed by atoms with E-state index in [1.54, 1.807) is 30.6 Å². The van der Waals surface area contributed by atoms with Crippen LogP contribution in [-0.2, 0) is 0 Å². The number of aliphatic hydroxyl groups excluding tert-OH is 1. The maximum absolute atomic E-state index is 9.06. The predicted molar refractivity (Wildman–Crippen MR) is 48.9 cm³/mol. The van der Waals surface area contributed by atoms with Crippen LogP contribution in [0.3, 0.4) is 0 Å². The fourth-order valence-electron chi connectivity index (χ4n) is 1.37. The number of aromatic nitrogens is 1. The highest BCUT2D eigenvalue weighted by atomic mass is 16.5. The Bertz CT molecular complexity index is 421. The lowest BCUT2D eigenvalue weighted by Gasteiger charge is -2.06. The van der Waals surface area contributed by atoms with Crippen molar-refractivity contribution in [3.8, 4) is 0 Å². The first-order valence-corrected chi connectivity index (χ1v) is 3.98. The molecule has 0 unspecified atom stereocenters. The van der Waals surface area contributed by atoms with Gasteiger partial charge in [0, 0.05) is 23.3 Å². The summed E-state index contributed by atoms with van der Waals surface area (Å²) in [6.07, 6.45) is 1.90. The zero-order chi connectivity index (χ0) is 9.26. The third-order valence-electron chi connectivity index (χ3n) is 1.99. The van der Waals surface area contributed by atoms with Crippen LogP contribution in [0, 0.1) is 0 Å². The molecule has 2 N–H and O–H groups in total. The van der Waals surface area contributed by atoms with Crippen molar-refractivity contribution in [1.29, 1.82) is 0 Å². The van der Waals surface area contributed by atoms with Crippen LogP contribution in [-0.4, -0.2) is 15.2 Å². The van der Waals surface area contributed by atoms with E-state index >= 15 is 0 Å². The van der Waals surface area contributed by atoms with Crippen LogP contribution >= 0.6 is 0 Å². The topological polar surface area (TPSA) is 53.4 Å². The van der Waals surface area contributed by atoms with Gasteiger partial charge in [-0.2, -0.15) is 0 Å². The molecule has 0 atom stereocenters. The van der Waals surface area contributed by atoms with Gasteiger partial charge < -0.3 is 10.2 Å². The van der Waals surface area contributed by atoms with E-state index in [0.29, 0.717) is 5.56 Å². The number of hydrogen-bond donors (Lipinski definition) is 2. The molecule has 0 amide bonds. The van der Waals surface area contributed by atoms with Crippen LogP contribution < -0.4 is 0 Å². The average Bonchev–Trinajstić information content (AvgIpc) is 2.17. The van der Waals surface area contributed by atoms with Gasteiger partial charge in [0.05, 0.1) is 0 Å². The summed E-state index contributed by atoms with van der Waals surface area (Å²) in [5, 5.41) is 19.9. The number of rotatable bonds is 1. The van der Waals surface area contributed by atoms with Crippen LogP contribution in [0.25, 0.3) is 10.8 Å². The SMILES string of the molecule is OC(O)c1cccc2cnccc12.